The molecule has 1 unspecified atom stereocenters. The van der Waals surface area contributed by atoms with Gasteiger partial charge in [-0.1, -0.05) is 0 Å². The number of rotatable bonds is 4. The first kappa shape index (κ1) is 14.0. The van der Waals surface area contributed by atoms with Crippen LogP contribution in [0.25, 0.3) is 0 Å². The average molecular weight is 252 g/mol. The van der Waals surface area contributed by atoms with Gasteiger partial charge in [0.2, 0.25) is 0 Å². The Morgan fingerprint density at radius 2 is 1.94 bits per heavy atom. The monoisotopic (exact) mass is 252 g/mol. The van der Waals surface area contributed by atoms with E-state index in [1.54, 1.807) is 26.2 Å². The molecule has 0 fully saturated rings. The molecule has 4 N–H and O–H groups in total. The summed E-state index contributed by atoms with van der Waals surface area (Å²) in [5.41, 5.74) is 7.34. The summed E-state index contributed by atoms with van der Waals surface area (Å²) in [7, 11) is 1.56. The van der Waals surface area contributed by atoms with Crippen LogP contribution in [0.5, 0.6) is 5.75 Å². The maximum absolute atomic E-state index is 11.5. The minimum Gasteiger partial charge on any atom is -0.496 e. The molecule has 0 radical (unpaired) electrons. The first-order valence-corrected chi connectivity index (χ1v) is 5.31. The highest BCUT2D eigenvalue weighted by Gasteiger charge is 2.21. The molecule has 98 valence electrons. The van der Waals surface area contributed by atoms with Crippen molar-refractivity contribution in [1.82, 2.24) is 0 Å². The van der Waals surface area contributed by atoms with Crippen molar-refractivity contribution in [1.29, 1.82) is 0 Å². The fraction of sp³-hybridized carbons (Fsp3) is 0.333. The molecule has 0 heterocycles. The van der Waals surface area contributed by atoms with E-state index in [9.17, 15) is 9.59 Å². The maximum atomic E-state index is 11.5. The largest absolute Gasteiger partial charge is 0.496 e. The molecule has 0 aliphatic carbocycles. The molecular formula is C12H16N2O4. The zero-order valence-electron chi connectivity index (χ0n) is 10.5. The van der Waals surface area contributed by atoms with Crippen LogP contribution in [0.3, 0.4) is 0 Å². The summed E-state index contributed by atoms with van der Waals surface area (Å²) < 4.78 is 5.14. The summed E-state index contributed by atoms with van der Waals surface area (Å²) in [6.07, 6.45) is 0. The first-order chi connectivity index (χ1) is 8.36. The van der Waals surface area contributed by atoms with E-state index in [0.717, 1.165) is 11.1 Å². The van der Waals surface area contributed by atoms with Gasteiger partial charge < -0.3 is 20.9 Å². The van der Waals surface area contributed by atoms with E-state index < -0.39 is 17.9 Å². The van der Waals surface area contributed by atoms with Gasteiger partial charge in [0.25, 0.3) is 5.91 Å². The molecule has 0 saturated carbocycles. The summed E-state index contributed by atoms with van der Waals surface area (Å²) in [5, 5.41) is 11.1. The summed E-state index contributed by atoms with van der Waals surface area (Å²) >= 11 is 0. The van der Waals surface area contributed by atoms with Crippen molar-refractivity contribution >= 4 is 17.6 Å². The number of aryl methyl sites for hydroxylation is 2. The third-order valence-corrected chi connectivity index (χ3v) is 2.55. The number of carbonyl (C=O) groups is 2. The Hall–Kier alpha value is -2.08. The van der Waals surface area contributed by atoms with Gasteiger partial charge >= 0.3 is 5.97 Å². The molecular weight excluding hydrogens is 236 g/mol. The Labute approximate surface area is 105 Å². The predicted octanol–water partition coefficient (Wildman–Crippen LogP) is 0.662. The average Bonchev–Trinajstić information content (AvgIpc) is 2.32. The fourth-order valence-corrected chi connectivity index (χ4v) is 1.47. The van der Waals surface area contributed by atoms with Crippen LogP contribution in [0.1, 0.15) is 11.1 Å². The second-order valence-corrected chi connectivity index (χ2v) is 3.94. The third kappa shape index (κ3) is 2.98. The third-order valence-electron chi connectivity index (χ3n) is 2.55. The van der Waals surface area contributed by atoms with E-state index in [0.29, 0.717) is 11.4 Å². The molecule has 0 spiro atoms. The lowest BCUT2D eigenvalue weighted by molar-refractivity contribution is -0.141. The van der Waals surface area contributed by atoms with Gasteiger partial charge in [-0.3, -0.25) is 4.79 Å². The number of ether oxygens (including phenoxy) is 1. The number of aliphatic carboxylic acids is 1. The molecule has 0 bridgehead atoms. The van der Waals surface area contributed by atoms with Crippen LogP contribution in [-0.4, -0.2) is 30.1 Å². The molecule has 1 atom stereocenters. The number of hydrogen-bond donors (Lipinski definition) is 3. The van der Waals surface area contributed by atoms with Crippen molar-refractivity contribution in [3.63, 3.8) is 0 Å². The molecule has 18 heavy (non-hydrogen) atoms. The molecule has 0 aliphatic heterocycles. The van der Waals surface area contributed by atoms with Gasteiger partial charge in [-0.2, -0.15) is 0 Å². The summed E-state index contributed by atoms with van der Waals surface area (Å²) in [6, 6.07) is 1.89. The second-order valence-electron chi connectivity index (χ2n) is 3.94. The van der Waals surface area contributed by atoms with Crippen LogP contribution in [0, 0.1) is 13.8 Å². The molecule has 6 nitrogen and oxygen atoms in total. The van der Waals surface area contributed by atoms with Crippen LogP contribution < -0.4 is 15.8 Å². The van der Waals surface area contributed by atoms with E-state index >= 15 is 0 Å². The SMILES string of the molecule is COc1cc(C)c(NC(=O)C(N)C(=O)O)cc1C. The lowest BCUT2D eigenvalue weighted by Crippen LogP contribution is -2.42. The number of anilines is 1. The minimum absolute atomic E-state index is 0.523. The van der Waals surface area contributed by atoms with E-state index in [-0.39, 0.29) is 0 Å². The van der Waals surface area contributed by atoms with Gasteiger partial charge in [-0.25, -0.2) is 4.79 Å². The Morgan fingerprint density at radius 3 is 2.44 bits per heavy atom. The molecule has 0 aromatic heterocycles. The topological polar surface area (TPSA) is 102 Å². The number of nitrogens with one attached hydrogen (secondary N) is 1. The Morgan fingerprint density at radius 1 is 1.33 bits per heavy atom. The number of amides is 1. The van der Waals surface area contributed by atoms with E-state index in [4.69, 9.17) is 15.6 Å². The van der Waals surface area contributed by atoms with Crippen LogP contribution in [0.15, 0.2) is 12.1 Å². The molecule has 1 aromatic carbocycles. The van der Waals surface area contributed by atoms with Crippen molar-refractivity contribution < 1.29 is 19.4 Å². The zero-order chi connectivity index (χ0) is 13.9. The Balaban J connectivity index is 2.95. The first-order valence-electron chi connectivity index (χ1n) is 5.31. The predicted molar refractivity (Wildman–Crippen MR) is 66.7 cm³/mol. The van der Waals surface area contributed by atoms with Gasteiger partial charge in [-0.05, 0) is 37.1 Å². The normalized spacial score (nSPS) is 11.8. The number of carboxylic acids is 1. The lowest BCUT2D eigenvalue weighted by Gasteiger charge is -2.13. The van der Waals surface area contributed by atoms with Crippen molar-refractivity contribution in [3.05, 3.63) is 23.3 Å². The van der Waals surface area contributed by atoms with Crippen molar-refractivity contribution in [2.24, 2.45) is 5.73 Å². The number of methoxy groups -OCH3 is 1. The number of hydrogen-bond acceptors (Lipinski definition) is 4. The van der Waals surface area contributed by atoms with Crippen molar-refractivity contribution in [2.45, 2.75) is 19.9 Å². The van der Waals surface area contributed by atoms with Crippen LogP contribution in [-0.2, 0) is 9.59 Å². The highest BCUT2D eigenvalue weighted by Crippen LogP contribution is 2.25. The highest BCUT2D eigenvalue weighted by atomic mass is 16.5. The van der Waals surface area contributed by atoms with E-state index in [1.165, 1.54) is 0 Å². The van der Waals surface area contributed by atoms with Gasteiger partial charge in [0.15, 0.2) is 6.04 Å². The number of carbonyl (C=O) groups excluding carboxylic acids is 1. The van der Waals surface area contributed by atoms with Gasteiger partial charge in [0.1, 0.15) is 5.75 Å². The van der Waals surface area contributed by atoms with E-state index in [2.05, 4.69) is 5.32 Å². The van der Waals surface area contributed by atoms with Crippen molar-refractivity contribution in [3.8, 4) is 5.75 Å². The lowest BCUT2D eigenvalue weighted by atomic mass is 10.1. The number of nitrogens with two attached hydrogens (primary N) is 1. The van der Waals surface area contributed by atoms with Gasteiger partial charge in [0, 0.05) is 5.69 Å². The Bertz CT molecular complexity index is 485. The summed E-state index contributed by atoms with van der Waals surface area (Å²) in [5.74, 6) is -1.42. The molecule has 1 aromatic rings. The van der Waals surface area contributed by atoms with Gasteiger partial charge in [-0.15, -0.1) is 0 Å². The minimum atomic E-state index is -1.58. The van der Waals surface area contributed by atoms with Gasteiger partial charge in [0.05, 0.1) is 7.11 Å². The molecule has 0 aliphatic rings. The molecule has 0 saturated heterocycles. The highest BCUT2D eigenvalue weighted by molar-refractivity contribution is 6.07. The zero-order valence-corrected chi connectivity index (χ0v) is 10.5. The van der Waals surface area contributed by atoms with Crippen LogP contribution in [0.2, 0.25) is 0 Å². The van der Waals surface area contributed by atoms with Crippen LogP contribution >= 0.6 is 0 Å². The van der Waals surface area contributed by atoms with Crippen LogP contribution in [0.4, 0.5) is 5.69 Å². The summed E-state index contributed by atoms with van der Waals surface area (Å²) in [4.78, 5) is 22.1. The smallest absolute Gasteiger partial charge is 0.330 e. The maximum Gasteiger partial charge on any atom is 0.330 e. The standard InChI is InChI=1S/C12H16N2O4/c1-6-5-9(18-3)7(2)4-8(6)14-11(15)10(13)12(16)17/h4-5,10H,13H2,1-3H3,(H,14,15)(H,16,17). The second kappa shape index (κ2) is 5.50. The summed E-state index contributed by atoms with van der Waals surface area (Å²) in [6.45, 7) is 3.61. The number of benzene rings is 1. The quantitative estimate of drug-likeness (QED) is 0.683. The van der Waals surface area contributed by atoms with Crippen molar-refractivity contribution in [2.75, 3.05) is 12.4 Å². The molecule has 1 rings (SSSR count). The molecule has 6 heteroatoms. The molecule has 1 amide bonds. The fourth-order valence-electron chi connectivity index (χ4n) is 1.47. The Kier molecular flexibility index (Phi) is 4.28. The van der Waals surface area contributed by atoms with E-state index in [1.807, 2.05) is 6.92 Å². The number of carboxylic acid groups (broad SMARTS) is 1.